The Balaban J connectivity index is 0.000000437. The monoisotopic (exact) mass is 241 g/mol. The fourth-order valence-electron chi connectivity index (χ4n) is 0.901. The first-order valence-electron chi connectivity index (χ1n) is 4.15. The number of hydrogen-bond acceptors (Lipinski definition) is 5. The SMILES string of the molecule is Fc1ccc(Oc2cn[nH]n2)cc1F.O=C=O. The molecular formula is C9H5F2N3O3. The molecule has 1 aromatic heterocycles. The maximum absolute atomic E-state index is 12.7. The van der Waals surface area contributed by atoms with Crippen molar-refractivity contribution in [3.8, 4) is 11.6 Å². The van der Waals surface area contributed by atoms with Crippen molar-refractivity contribution in [3.05, 3.63) is 36.0 Å². The van der Waals surface area contributed by atoms with E-state index in [0.717, 1.165) is 12.1 Å². The van der Waals surface area contributed by atoms with Gasteiger partial charge in [0.2, 0.25) is 0 Å². The lowest BCUT2D eigenvalue weighted by molar-refractivity contribution is -0.191. The molecular weight excluding hydrogens is 236 g/mol. The molecule has 6 nitrogen and oxygen atoms in total. The summed E-state index contributed by atoms with van der Waals surface area (Å²) in [5.74, 6) is -1.53. The number of halogens is 2. The van der Waals surface area contributed by atoms with Crippen LogP contribution in [0.1, 0.15) is 0 Å². The van der Waals surface area contributed by atoms with Gasteiger partial charge in [-0.2, -0.15) is 19.9 Å². The number of aromatic nitrogens is 3. The van der Waals surface area contributed by atoms with Crippen molar-refractivity contribution < 1.29 is 23.1 Å². The quantitative estimate of drug-likeness (QED) is 0.856. The van der Waals surface area contributed by atoms with Crippen LogP contribution in [-0.2, 0) is 9.59 Å². The van der Waals surface area contributed by atoms with Gasteiger partial charge in [-0.05, 0) is 12.1 Å². The lowest BCUT2D eigenvalue weighted by Gasteiger charge is -2.00. The first-order chi connectivity index (χ1) is 8.17. The van der Waals surface area contributed by atoms with Crippen LogP contribution in [0.4, 0.5) is 8.78 Å². The van der Waals surface area contributed by atoms with E-state index >= 15 is 0 Å². The van der Waals surface area contributed by atoms with Crippen molar-refractivity contribution in [1.82, 2.24) is 15.4 Å². The van der Waals surface area contributed by atoms with Gasteiger partial charge in [0, 0.05) is 6.07 Å². The molecule has 0 aliphatic rings. The first kappa shape index (κ1) is 12.5. The van der Waals surface area contributed by atoms with Gasteiger partial charge in [-0.3, -0.25) is 0 Å². The van der Waals surface area contributed by atoms with Crippen molar-refractivity contribution in [2.75, 3.05) is 0 Å². The predicted octanol–water partition coefficient (Wildman–Crippen LogP) is 1.29. The van der Waals surface area contributed by atoms with Crippen LogP contribution < -0.4 is 4.74 Å². The average Bonchev–Trinajstić information content (AvgIpc) is 2.77. The molecule has 0 spiro atoms. The molecule has 1 heterocycles. The molecule has 0 atom stereocenters. The third kappa shape index (κ3) is 3.80. The lowest BCUT2D eigenvalue weighted by atomic mass is 10.3. The molecule has 88 valence electrons. The molecule has 0 amide bonds. The Hall–Kier alpha value is -2.60. The molecule has 0 radical (unpaired) electrons. The Kier molecular flexibility index (Phi) is 4.46. The average molecular weight is 241 g/mol. The van der Waals surface area contributed by atoms with Crippen LogP contribution in [0.5, 0.6) is 11.6 Å². The number of carbonyl (C=O) groups excluding carboxylic acids is 2. The number of ether oxygens (including phenoxy) is 1. The zero-order valence-corrected chi connectivity index (χ0v) is 8.18. The Morgan fingerprint density at radius 3 is 2.47 bits per heavy atom. The second-order valence-electron chi connectivity index (χ2n) is 2.57. The normalized spacial score (nSPS) is 8.82. The summed E-state index contributed by atoms with van der Waals surface area (Å²) in [4.78, 5) is 16.2. The molecule has 2 rings (SSSR count). The third-order valence-electron chi connectivity index (χ3n) is 1.51. The van der Waals surface area contributed by atoms with Gasteiger partial charge in [0.1, 0.15) is 11.9 Å². The van der Waals surface area contributed by atoms with Gasteiger partial charge in [0.25, 0.3) is 5.88 Å². The van der Waals surface area contributed by atoms with E-state index in [0.29, 0.717) is 0 Å². The Labute approximate surface area is 93.2 Å². The first-order valence-corrected chi connectivity index (χ1v) is 4.15. The fourth-order valence-corrected chi connectivity index (χ4v) is 0.901. The molecule has 17 heavy (non-hydrogen) atoms. The Bertz CT molecular complexity index is 510. The molecule has 0 fully saturated rings. The van der Waals surface area contributed by atoms with Crippen LogP contribution in [-0.4, -0.2) is 21.6 Å². The van der Waals surface area contributed by atoms with Crippen molar-refractivity contribution >= 4 is 6.15 Å². The fraction of sp³-hybridized carbons (Fsp3) is 0. The van der Waals surface area contributed by atoms with E-state index in [-0.39, 0.29) is 17.8 Å². The van der Waals surface area contributed by atoms with Crippen LogP contribution in [0.15, 0.2) is 24.4 Å². The summed E-state index contributed by atoms with van der Waals surface area (Å²) in [5, 5.41) is 9.40. The Morgan fingerprint density at radius 1 is 1.24 bits per heavy atom. The number of nitrogens with zero attached hydrogens (tertiary/aromatic N) is 2. The minimum Gasteiger partial charge on any atom is -0.436 e. The van der Waals surface area contributed by atoms with E-state index in [1.807, 2.05) is 0 Å². The number of aromatic amines is 1. The zero-order valence-electron chi connectivity index (χ0n) is 8.18. The van der Waals surface area contributed by atoms with E-state index in [9.17, 15) is 8.78 Å². The summed E-state index contributed by atoms with van der Waals surface area (Å²) in [5.41, 5.74) is 0. The van der Waals surface area contributed by atoms with Crippen molar-refractivity contribution in [2.24, 2.45) is 0 Å². The second-order valence-corrected chi connectivity index (χ2v) is 2.57. The molecule has 0 saturated carbocycles. The van der Waals surface area contributed by atoms with E-state index < -0.39 is 11.6 Å². The van der Waals surface area contributed by atoms with Gasteiger partial charge in [0.05, 0.1) is 0 Å². The second kappa shape index (κ2) is 6.09. The van der Waals surface area contributed by atoms with Crippen LogP contribution in [0, 0.1) is 11.6 Å². The van der Waals surface area contributed by atoms with E-state index in [4.69, 9.17) is 14.3 Å². The topological polar surface area (TPSA) is 84.9 Å². The molecule has 2 aromatic rings. The van der Waals surface area contributed by atoms with Gasteiger partial charge < -0.3 is 4.74 Å². The maximum atomic E-state index is 12.7. The maximum Gasteiger partial charge on any atom is 0.373 e. The lowest BCUT2D eigenvalue weighted by Crippen LogP contribution is -1.88. The summed E-state index contributed by atoms with van der Waals surface area (Å²) < 4.78 is 30.3. The van der Waals surface area contributed by atoms with E-state index in [1.165, 1.54) is 12.3 Å². The molecule has 8 heteroatoms. The van der Waals surface area contributed by atoms with Crippen LogP contribution in [0.2, 0.25) is 0 Å². The van der Waals surface area contributed by atoms with Gasteiger partial charge >= 0.3 is 6.15 Å². The number of benzene rings is 1. The van der Waals surface area contributed by atoms with Gasteiger partial charge in [-0.1, -0.05) is 0 Å². The molecule has 0 unspecified atom stereocenters. The highest BCUT2D eigenvalue weighted by Gasteiger charge is 2.04. The summed E-state index contributed by atoms with van der Waals surface area (Å²) >= 11 is 0. The van der Waals surface area contributed by atoms with Crippen molar-refractivity contribution in [3.63, 3.8) is 0 Å². The van der Waals surface area contributed by atoms with Crippen molar-refractivity contribution in [2.45, 2.75) is 0 Å². The minimum absolute atomic E-state index is 0.165. The number of nitrogens with one attached hydrogen (secondary N) is 1. The van der Waals surface area contributed by atoms with Crippen LogP contribution >= 0.6 is 0 Å². The highest BCUT2D eigenvalue weighted by Crippen LogP contribution is 2.20. The smallest absolute Gasteiger partial charge is 0.373 e. The molecule has 0 aliphatic carbocycles. The van der Waals surface area contributed by atoms with E-state index in [2.05, 4.69) is 15.4 Å². The predicted molar refractivity (Wildman–Crippen MR) is 47.8 cm³/mol. The molecule has 0 bridgehead atoms. The molecule has 1 N–H and O–H groups in total. The van der Waals surface area contributed by atoms with Gasteiger partial charge in [0.15, 0.2) is 11.6 Å². The number of H-pyrrole nitrogens is 1. The molecule has 0 aliphatic heterocycles. The van der Waals surface area contributed by atoms with Crippen molar-refractivity contribution in [1.29, 1.82) is 0 Å². The van der Waals surface area contributed by atoms with Crippen LogP contribution in [0.25, 0.3) is 0 Å². The van der Waals surface area contributed by atoms with E-state index in [1.54, 1.807) is 0 Å². The molecule has 1 aromatic carbocycles. The van der Waals surface area contributed by atoms with Gasteiger partial charge in [-0.15, -0.1) is 5.10 Å². The molecule has 0 saturated heterocycles. The number of rotatable bonds is 2. The van der Waals surface area contributed by atoms with Gasteiger partial charge in [-0.25, -0.2) is 8.78 Å². The highest BCUT2D eigenvalue weighted by molar-refractivity contribution is 5.26. The zero-order chi connectivity index (χ0) is 12.7. The largest absolute Gasteiger partial charge is 0.436 e. The standard InChI is InChI=1S/C8H5F2N3O.CO2/c9-6-2-1-5(3-7(6)10)14-8-4-11-13-12-8;2-1-3/h1-4H,(H,11,12,13);. The summed E-state index contributed by atoms with van der Waals surface area (Å²) in [6.45, 7) is 0. The minimum atomic E-state index is -0.967. The Morgan fingerprint density at radius 2 is 1.94 bits per heavy atom. The summed E-state index contributed by atoms with van der Waals surface area (Å²) in [6.07, 6.45) is 1.57. The summed E-state index contributed by atoms with van der Waals surface area (Å²) in [7, 11) is 0. The highest BCUT2D eigenvalue weighted by atomic mass is 19.2. The third-order valence-corrected chi connectivity index (χ3v) is 1.51. The van der Waals surface area contributed by atoms with Crippen LogP contribution in [0.3, 0.4) is 0 Å². The summed E-state index contributed by atoms with van der Waals surface area (Å²) in [6, 6.07) is 3.21. The number of hydrogen-bond donors (Lipinski definition) is 1.